The lowest BCUT2D eigenvalue weighted by Gasteiger charge is -2.24. The van der Waals surface area contributed by atoms with Crippen LogP contribution in [0.1, 0.15) is 43.4 Å². The second kappa shape index (κ2) is 15.4. The van der Waals surface area contributed by atoms with Crippen LogP contribution >= 0.6 is 12.4 Å². The maximum atomic E-state index is 13.1. The minimum absolute atomic E-state index is 0. The van der Waals surface area contributed by atoms with Crippen LogP contribution < -0.4 is 27.4 Å². The number of nitrogens with one attached hydrogen (secondary N) is 4. The number of amides is 4. The molecule has 0 saturated heterocycles. The van der Waals surface area contributed by atoms with Gasteiger partial charge in [0.1, 0.15) is 18.1 Å². The number of benzene rings is 2. The highest BCUT2D eigenvalue weighted by Crippen LogP contribution is 2.19. The molecule has 41 heavy (non-hydrogen) atoms. The first-order chi connectivity index (χ1) is 19.1. The van der Waals surface area contributed by atoms with Crippen LogP contribution in [0.25, 0.3) is 10.9 Å². The van der Waals surface area contributed by atoms with Gasteiger partial charge >= 0.3 is 5.97 Å². The summed E-state index contributed by atoms with van der Waals surface area (Å²) in [5, 5.41) is 17.7. The molecule has 3 rings (SSSR count). The van der Waals surface area contributed by atoms with Crippen LogP contribution in [0.15, 0.2) is 60.8 Å². The van der Waals surface area contributed by atoms with Crippen molar-refractivity contribution in [3.05, 3.63) is 71.9 Å². The predicted molar refractivity (Wildman–Crippen MR) is 155 cm³/mol. The number of para-hydroxylation sites is 1. The third-order valence-corrected chi connectivity index (χ3v) is 6.38. The summed E-state index contributed by atoms with van der Waals surface area (Å²) in [7, 11) is 0. The van der Waals surface area contributed by atoms with E-state index in [0.29, 0.717) is 12.0 Å². The Morgan fingerprint density at radius 1 is 0.878 bits per heavy atom. The smallest absolute Gasteiger partial charge is 0.305 e. The summed E-state index contributed by atoms with van der Waals surface area (Å²) in [6, 6.07) is 10.9. The van der Waals surface area contributed by atoms with Gasteiger partial charge in [0.15, 0.2) is 0 Å². The van der Waals surface area contributed by atoms with E-state index in [1.54, 1.807) is 43.5 Å². The number of halogens is 1. The Balaban J connectivity index is 0.00000588. The number of fused-ring (bicyclic) bond motifs is 1. The molecule has 13 heteroatoms. The number of carboxylic acid groups (broad SMARTS) is 1. The lowest BCUT2D eigenvalue weighted by molar-refractivity contribution is -0.141. The molecular formula is C28H35ClN6O6. The van der Waals surface area contributed by atoms with Crippen molar-refractivity contribution in [3.63, 3.8) is 0 Å². The van der Waals surface area contributed by atoms with Crippen LogP contribution in [-0.2, 0) is 30.4 Å². The Labute approximate surface area is 243 Å². The molecule has 0 saturated carbocycles. The van der Waals surface area contributed by atoms with E-state index in [0.717, 1.165) is 16.5 Å². The van der Waals surface area contributed by atoms with Crippen LogP contribution in [0.4, 0.5) is 0 Å². The number of hydrogen-bond acceptors (Lipinski definition) is 6. The Kier molecular flexibility index (Phi) is 12.3. The van der Waals surface area contributed by atoms with E-state index in [1.165, 1.54) is 0 Å². The Morgan fingerprint density at radius 3 is 2.12 bits per heavy atom. The fourth-order valence-corrected chi connectivity index (χ4v) is 4.33. The lowest BCUT2D eigenvalue weighted by Crippen LogP contribution is -2.57. The third kappa shape index (κ3) is 9.05. The molecule has 9 N–H and O–H groups in total. The van der Waals surface area contributed by atoms with Crippen molar-refractivity contribution in [1.82, 2.24) is 20.9 Å². The van der Waals surface area contributed by atoms with Gasteiger partial charge in [-0.2, -0.15) is 0 Å². The van der Waals surface area contributed by atoms with Gasteiger partial charge in [0.2, 0.25) is 23.6 Å². The number of aromatic nitrogens is 1. The fraction of sp³-hybridized carbons (Fsp3) is 0.321. The first-order valence-electron chi connectivity index (χ1n) is 12.9. The summed E-state index contributed by atoms with van der Waals surface area (Å²) in [5.74, 6) is -4.46. The van der Waals surface area contributed by atoms with Crippen LogP contribution in [0, 0.1) is 0 Å². The molecule has 0 bridgehead atoms. The quantitative estimate of drug-likeness (QED) is 0.146. The molecule has 2 aromatic carbocycles. The number of rotatable bonds is 14. The van der Waals surface area contributed by atoms with Gasteiger partial charge in [0, 0.05) is 17.1 Å². The summed E-state index contributed by atoms with van der Waals surface area (Å²) < 4.78 is 0. The van der Waals surface area contributed by atoms with E-state index in [2.05, 4.69) is 20.9 Å². The zero-order valence-corrected chi connectivity index (χ0v) is 23.3. The lowest BCUT2D eigenvalue weighted by atomic mass is 10.0. The second-order valence-corrected chi connectivity index (χ2v) is 9.43. The van der Waals surface area contributed by atoms with Gasteiger partial charge in [0.05, 0.1) is 12.5 Å². The van der Waals surface area contributed by atoms with Gasteiger partial charge in [0.25, 0.3) is 0 Å². The van der Waals surface area contributed by atoms with Gasteiger partial charge < -0.3 is 37.5 Å². The van der Waals surface area contributed by atoms with Crippen LogP contribution in [-0.4, -0.2) is 57.8 Å². The van der Waals surface area contributed by atoms with Gasteiger partial charge in [-0.3, -0.25) is 24.0 Å². The predicted octanol–water partition coefficient (Wildman–Crippen LogP) is 1.05. The van der Waals surface area contributed by atoms with E-state index in [1.807, 2.05) is 24.3 Å². The molecule has 12 nitrogen and oxygen atoms in total. The number of carbonyl (C=O) groups is 5. The average molecular weight is 587 g/mol. The summed E-state index contributed by atoms with van der Waals surface area (Å²) in [6.07, 6.45) is 1.95. The van der Waals surface area contributed by atoms with Crippen LogP contribution in [0.2, 0.25) is 0 Å². The van der Waals surface area contributed by atoms with Gasteiger partial charge in [-0.05, 0) is 30.0 Å². The van der Waals surface area contributed by atoms with Crippen LogP contribution in [0.5, 0.6) is 0 Å². The molecule has 220 valence electrons. The van der Waals surface area contributed by atoms with Crippen molar-refractivity contribution < 1.29 is 29.1 Å². The van der Waals surface area contributed by atoms with Crippen molar-refractivity contribution in [2.24, 2.45) is 11.5 Å². The monoisotopic (exact) mass is 586 g/mol. The maximum Gasteiger partial charge on any atom is 0.305 e. The number of nitrogens with two attached hydrogens (primary N) is 2. The average Bonchev–Trinajstić information content (AvgIpc) is 3.33. The molecule has 4 atom stereocenters. The summed E-state index contributed by atoms with van der Waals surface area (Å²) in [5.41, 5.74) is 13.7. The number of carboxylic acids is 1. The Hall–Kier alpha value is -4.42. The van der Waals surface area contributed by atoms with Gasteiger partial charge in [-0.25, -0.2) is 0 Å². The van der Waals surface area contributed by atoms with Gasteiger partial charge in [-0.1, -0.05) is 61.9 Å². The van der Waals surface area contributed by atoms with E-state index in [4.69, 9.17) is 11.5 Å². The van der Waals surface area contributed by atoms with E-state index < -0.39 is 60.2 Å². The number of carbonyl (C=O) groups excluding carboxylic acids is 4. The fourth-order valence-electron chi connectivity index (χ4n) is 4.33. The molecule has 3 aromatic rings. The van der Waals surface area contributed by atoms with Crippen molar-refractivity contribution >= 4 is 52.9 Å². The molecule has 0 aliphatic rings. The molecule has 0 unspecified atom stereocenters. The second-order valence-electron chi connectivity index (χ2n) is 9.43. The zero-order valence-electron chi connectivity index (χ0n) is 22.5. The maximum absolute atomic E-state index is 13.1. The summed E-state index contributed by atoms with van der Waals surface area (Å²) in [6.45, 7) is 1.80. The largest absolute Gasteiger partial charge is 0.481 e. The highest BCUT2D eigenvalue weighted by molar-refractivity contribution is 5.96. The Bertz CT molecular complexity index is 1360. The molecule has 1 heterocycles. The van der Waals surface area contributed by atoms with Crippen molar-refractivity contribution in [2.45, 2.75) is 56.8 Å². The zero-order chi connectivity index (χ0) is 29.2. The Morgan fingerprint density at radius 2 is 1.49 bits per heavy atom. The molecular weight excluding hydrogens is 552 g/mol. The van der Waals surface area contributed by atoms with E-state index >= 15 is 0 Å². The first-order valence-corrected chi connectivity index (χ1v) is 12.9. The number of aliphatic carboxylic acids is 1. The molecule has 0 radical (unpaired) electrons. The van der Waals surface area contributed by atoms with E-state index in [-0.39, 0.29) is 25.2 Å². The van der Waals surface area contributed by atoms with Gasteiger partial charge in [-0.15, -0.1) is 12.4 Å². The molecule has 0 aliphatic heterocycles. The molecule has 1 aromatic heterocycles. The molecule has 4 amide bonds. The SMILES string of the molecule is CCC[C@H](NC(=O)[C@@H](N)Cc1c[nH]c2ccccc12)C(=O)N[C@@H](CC(=O)O)C(=O)N[C@@H](C(N)=O)c1ccccc1.Cl. The first kappa shape index (κ1) is 32.8. The minimum atomic E-state index is -1.54. The van der Waals surface area contributed by atoms with E-state index in [9.17, 15) is 29.1 Å². The van der Waals surface area contributed by atoms with Crippen LogP contribution in [0.3, 0.4) is 0 Å². The third-order valence-electron chi connectivity index (χ3n) is 6.38. The summed E-state index contributed by atoms with van der Waals surface area (Å²) >= 11 is 0. The molecule has 0 aliphatic carbocycles. The normalized spacial score (nSPS) is 13.6. The molecule has 0 fully saturated rings. The molecule has 0 spiro atoms. The number of hydrogen-bond donors (Lipinski definition) is 7. The van der Waals surface area contributed by atoms with Crippen molar-refractivity contribution in [3.8, 4) is 0 Å². The number of H-pyrrole nitrogens is 1. The standard InChI is InChI=1S/C28H34N6O6.ClH/c1-2-8-21(32-26(38)19(29)13-17-15-31-20-12-7-6-11-18(17)20)27(39)33-22(14-23(35)36)28(40)34-24(25(30)37)16-9-4-3-5-10-16;/h3-7,9-12,15,19,21-22,24,31H,2,8,13-14,29H2,1H3,(H2,30,37)(H,32,38)(H,33,39)(H,34,40)(H,35,36);1H/t19-,21-,22-,24+;/m0./s1. The number of primary amides is 1. The highest BCUT2D eigenvalue weighted by atomic mass is 35.5. The van der Waals surface area contributed by atoms with Crippen molar-refractivity contribution in [2.75, 3.05) is 0 Å². The topological polar surface area (TPSA) is 209 Å². The highest BCUT2D eigenvalue weighted by Gasteiger charge is 2.31. The minimum Gasteiger partial charge on any atom is -0.481 e. The van der Waals surface area contributed by atoms with Crippen molar-refractivity contribution in [1.29, 1.82) is 0 Å². The summed E-state index contributed by atoms with van der Waals surface area (Å²) in [4.78, 5) is 65.7. The number of aromatic amines is 1.